The van der Waals surface area contributed by atoms with Crippen LogP contribution < -0.4 is 0 Å². The van der Waals surface area contributed by atoms with Gasteiger partial charge in [-0.15, -0.1) is 11.6 Å². The Balaban J connectivity index is 2.40. The van der Waals surface area contributed by atoms with Crippen LogP contribution >= 0.6 is 11.6 Å². The van der Waals surface area contributed by atoms with E-state index in [2.05, 4.69) is 4.99 Å². The van der Waals surface area contributed by atoms with Gasteiger partial charge < -0.3 is 0 Å². The molecule has 0 amide bonds. The predicted octanol–water partition coefficient (Wildman–Crippen LogP) is 3.57. The number of halogens is 4. The molecule has 1 aromatic rings. The third-order valence-corrected chi connectivity index (χ3v) is 2.55. The van der Waals surface area contributed by atoms with Gasteiger partial charge in [-0.1, -0.05) is 6.07 Å². The van der Waals surface area contributed by atoms with E-state index in [0.717, 1.165) is 17.7 Å². The van der Waals surface area contributed by atoms with E-state index in [9.17, 15) is 13.2 Å². The topological polar surface area (TPSA) is 12.4 Å². The smallest absolute Gasteiger partial charge is 0.256 e. The number of fused-ring (bicyclic) bond motifs is 1. The first-order chi connectivity index (χ1) is 7.00. The fourth-order valence-electron chi connectivity index (χ4n) is 1.50. The molecule has 0 saturated carbocycles. The van der Waals surface area contributed by atoms with Crippen molar-refractivity contribution in [3.05, 3.63) is 29.3 Å². The number of rotatable bonds is 1. The monoisotopic (exact) mass is 233 g/mol. The molecule has 1 aliphatic heterocycles. The average Bonchev–Trinajstić information content (AvgIpc) is 2.57. The molecule has 0 N–H and O–H groups in total. The molecule has 0 aromatic heterocycles. The molecule has 0 radical (unpaired) electrons. The number of hydrogen-bond acceptors (Lipinski definition) is 1. The highest BCUT2D eigenvalue weighted by atomic mass is 35.5. The number of aliphatic imine (C=N–C) groups is 1. The quantitative estimate of drug-likeness (QED) is 0.658. The molecule has 2 rings (SSSR count). The van der Waals surface area contributed by atoms with Crippen LogP contribution in [0.3, 0.4) is 0 Å². The number of alkyl halides is 4. The molecular formula is C10H7ClF3N. The zero-order valence-corrected chi connectivity index (χ0v) is 8.36. The Morgan fingerprint density at radius 3 is 2.67 bits per heavy atom. The van der Waals surface area contributed by atoms with E-state index in [1.807, 2.05) is 0 Å². The van der Waals surface area contributed by atoms with Crippen LogP contribution in [0.5, 0.6) is 0 Å². The van der Waals surface area contributed by atoms with Crippen LogP contribution in [0.1, 0.15) is 11.1 Å². The maximum atomic E-state index is 12.4. The van der Waals surface area contributed by atoms with Crippen molar-refractivity contribution < 1.29 is 13.2 Å². The summed E-state index contributed by atoms with van der Waals surface area (Å²) in [5.74, 6) is 0.260. The molecule has 5 heteroatoms. The molecule has 0 saturated heterocycles. The molecule has 1 nitrogen and oxygen atoms in total. The largest absolute Gasteiger partial charge is 0.416 e. The first-order valence-electron chi connectivity index (χ1n) is 4.33. The Hall–Kier alpha value is -1.03. The lowest BCUT2D eigenvalue weighted by molar-refractivity contribution is -0.137. The van der Waals surface area contributed by atoms with Crippen molar-refractivity contribution in [1.29, 1.82) is 0 Å². The third-order valence-electron chi connectivity index (χ3n) is 2.24. The van der Waals surface area contributed by atoms with Gasteiger partial charge in [0, 0.05) is 12.1 Å². The number of benzene rings is 1. The lowest BCUT2D eigenvalue weighted by Crippen LogP contribution is -2.04. The van der Waals surface area contributed by atoms with Gasteiger partial charge in [-0.2, -0.15) is 13.2 Å². The van der Waals surface area contributed by atoms with Gasteiger partial charge in [-0.3, -0.25) is 4.99 Å². The second kappa shape index (κ2) is 3.52. The van der Waals surface area contributed by atoms with E-state index >= 15 is 0 Å². The standard InChI is InChI=1S/C10H7ClF3N/c11-5-8-3-6-1-2-7(10(12,13)14)4-9(6)15-8/h1-2,4H,3,5H2. The Labute approximate surface area is 89.6 Å². The molecule has 1 aliphatic rings. The van der Waals surface area contributed by atoms with Crippen LogP contribution in [0.15, 0.2) is 23.2 Å². The number of hydrogen-bond donors (Lipinski definition) is 0. The summed E-state index contributed by atoms with van der Waals surface area (Å²) in [6.45, 7) is 0. The van der Waals surface area contributed by atoms with Gasteiger partial charge in [0.1, 0.15) is 0 Å². The molecule has 15 heavy (non-hydrogen) atoms. The summed E-state index contributed by atoms with van der Waals surface area (Å²) in [6.07, 6.45) is -3.76. The van der Waals surface area contributed by atoms with E-state index < -0.39 is 11.7 Å². The molecule has 0 atom stereocenters. The highest BCUT2D eigenvalue weighted by Gasteiger charge is 2.31. The van der Waals surface area contributed by atoms with Crippen molar-refractivity contribution >= 4 is 23.0 Å². The van der Waals surface area contributed by atoms with Gasteiger partial charge in [0.15, 0.2) is 0 Å². The van der Waals surface area contributed by atoms with Crippen molar-refractivity contribution in [3.63, 3.8) is 0 Å². The first-order valence-corrected chi connectivity index (χ1v) is 4.86. The van der Waals surface area contributed by atoms with Crippen molar-refractivity contribution in [2.24, 2.45) is 4.99 Å². The molecule has 80 valence electrons. The van der Waals surface area contributed by atoms with Crippen LogP contribution in [0.25, 0.3) is 0 Å². The molecule has 0 spiro atoms. The Morgan fingerprint density at radius 2 is 2.07 bits per heavy atom. The summed E-state index contributed by atoms with van der Waals surface area (Å²) >= 11 is 5.57. The molecule has 0 bridgehead atoms. The van der Waals surface area contributed by atoms with Crippen LogP contribution in [0, 0.1) is 0 Å². The van der Waals surface area contributed by atoms with E-state index in [0.29, 0.717) is 17.8 Å². The molecular weight excluding hydrogens is 227 g/mol. The predicted molar refractivity (Wildman–Crippen MR) is 53.0 cm³/mol. The maximum absolute atomic E-state index is 12.4. The van der Waals surface area contributed by atoms with E-state index in [1.54, 1.807) is 0 Å². The summed E-state index contributed by atoms with van der Waals surface area (Å²) in [6, 6.07) is 3.60. The minimum Gasteiger partial charge on any atom is -0.256 e. The van der Waals surface area contributed by atoms with E-state index in [-0.39, 0.29) is 5.88 Å². The fraction of sp³-hybridized carbons (Fsp3) is 0.300. The SMILES string of the molecule is FC(F)(F)c1ccc2c(c1)N=C(CCl)C2. The lowest BCUT2D eigenvalue weighted by Gasteiger charge is -2.07. The Bertz CT molecular complexity index is 423. The summed E-state index contributed by atoms with van der Waals surface area (Å²) < 4.78 is 37.1. The Kier molecular flexibility index (Phi) is 2.46. The molecule has 0 aliphatic carbocycles. The van der Waals surface area contributed by atoms with Gasteiger partial charge >= 0.3 is 6.18 Å². The minimum atomic E-state index is -4.31. The van der Waals surface area contributed by atoms with Crippen LogP contribution in [0.2, 0.25) is 0 Å². The highest BCUT2D eigenvalue weighted by molar-refractivity contribution is 6.29. The second-order valence-electron chi connectivity index (χ2n) is 3.33. The van der Waals surface area contributed by atoms with Crippen molar-refractivity contribution in [1.82, 2.24) is 0 Å². The van der Waals surface area contributed by atoms with Gasteiger partial charge in [0.2, 0.25) is 0 Å². The zero-order valence-electron chi connectivity index (χ0n) is 7.61. The van der Waals surface area contributed by atoms with Crippen LogP contribution in [0.4, 0.5) is 18.9 Å². The van der Waals surface area contributed by atoms with Crippen LogP contribution in [-0.4, -0.2) is 11.6 Å². The average molecular weight is 234 g/mol. The molecule has 0 fully saturated rings. The zero-order chi connectivity index (χ0) is 11.1. The van der Waals surface area contributed by atoms with Crippen molar-refractivity contribution in [2.75, 3.05) is 5.88 Å². The van der Waals surface area contributed by atoms with E-state index in [1.165, 1.54) is 6.07 Å². The van der Waals surface area contributed by atoms with Crippen LogP contribution in [-0.2, 0) is 12.6 Å². The summed E-state index contributed by atoms with van der Waals surface area (Å²) in [4.78, 5) is 4.03. The minimum absolute atomic E-state index is 0.260. The fourth-order valence-corrected chi connectivity index (χ4v) is 1.65. The normalized spacial score (nSPS) is 15.1. The molecule has 1 heterocycles. The van der Waals surface area contributed by atoms with Gasteiger partial charge in [0.25, 0.3) is 0 Å². The number of nitrogens with zero attached hydrogens (tertiary/aromatic N) is 1. The Morgan fingerprint density at radius 1 is 1.33 bits per heavy atom. The summed E-state index contributed by atoms with van der Waals surface area (Å²) in [7, 11) is 0. The van der Waals surface area contributed by atoms with Gasteiger partial charge in [0.05, 0.1) is 17.1 Å². The molecule has 1 aromatic carbocycles. The highest BCUT2D eigenvalue weighted by Crippen LogP contribution is 2.35. The summed E-state index contributed by atoms with van der Waals surface area (Å²) in [5, 5.41) is 0. The maximum Gasteiger partial charge on any atom is 0.416 e. The van der Waals surface area contributed by atoms with Crippen molar-refractivity contribution in [2.45, 2.75) is 12.6 Å². The van der Waals surface area contributed by atoms with Crippen molar-refractivity contribution in [3.8, 4) is 0 Å². The second-order valence-corrected chi connectivity index (χ2v) is 3.60. The summed E-state index contributed by atoms with van der Waals surface area (Å²) in [5.41, 5.74) is 1.24. The molecule has 0 unspecified atom stereocenters. The lowest BCUT2D eigenvalue weighted by atomic mass is 10.1. The third kappa shape index (κ3) is 2.00. The van der Waals surface area contributed by atoms with Gasteiger partial charge in [-0.25, -0.2) is 0 Å². The van der Waals surface area contributed by atoms with Gasteiger partial charge in [-0.05, 0) is 17.7 Å². The first kappa shape index (κ1) is 10.5. The van der Waals surface area contributed by atoms with E-state index in [4.69, 9.17) is 11.6 Å².